The summed E-state index contributed by atoms with van der Waals surface area (Å²) in [6.07, 6.45) is 1.82. The molecular weight excluding hydrogens is 440 g/mol. The van der Waals surface area contributed by atoms with Crippen LogP contribution in [-0.4, -0.2) is 56.2 Å². The number of nitrogens with two attached hydrogens (primary N) is 1. The average molecular weight is 467 g/mol. The van der Waals surface area contributed by atoms with Crippen LogP contribution >= 0.6 is 15.9 Å². The molecule has 0 unspecified atom stereocenters. The van der Waals surface area contributed by atoms with Crippen molar-refractivity contribution in [2.24, 2.45) is 11.1 Å². The van der Waals surface area contributed by atoms with Crippen molar-refractivity contribution in [1.82, 2.24) is 19.5 Å². The van der Waals surface area contributed by atoms with Gasteiger partial charge in [-0.25, -0.2) is 9.78 Å². The molecule has 0 saturated carbocycles. The lowest BCUT2D eigenvalue weighted by atomic mass is 9.79. The second-order valence-corrected chi connectivity index (χ2v) is 9.81. The highest BCUT2D eigenvalue weighted by molar-refractivity contribution is 9.10. The number of ether oxygens (including phenoxy) is 1. The number of hydrogen-bond donors (Lipinski definition) is 2. The van der Waals surface area contributed by atoms with E-state index in [2.05, 4.69) is 45.2 Å². The number of aromatic nitrogens is 3. The molecule has 9 nitrogen and oxygen atoms in total. The number of halogens is 1. The fourth-order valence-electron chi connectivity index (χ4n) is 3.50. The molecule has 1 aliphatic rings. The van der Waals surface area contributed by atoms with Gasteiger partial charge in [-0.1, -0.05) is 13.8 Å². The van der Waals surface area contributed by atoms with E-state index in [0.29, 0.717) is 35.6 Å². The van der Waals surface area contributed by atoms with Crippen molar-refractivity contribution in [3.8, 4) is 0 Å². The number of rotatable bonds is 3. The van der Waals surface area contributed by atoms with Crippen molar-refractivity contribution in [3.05, 3.63) is 22.4 Å². The number of carbonyl (C=O) groups is 2. The average Bonchev–Trinajstić information content (AvgIpc) is 2.95. The van der Waals surface area contributed by atoms with E-state index in [1.165, 1.54) is 6.20 Å². The molecule has 0 spiro atoms. The summed E-state index contributed by atoms with van der Waals surface area (Å²) in [5.41, 5.74) is 5.59. The molecule has 29 heavy (non-hydrogen) atoms. The van der Waals surface area contributed by atoms with Gasteiger partial charge in [-0.15, -0.1) is 0 Å². The zero-order valence-electron chi connectivity index (χ0n) is 17.3. The molecule has 10 heteroatoms. The number of primary amides is 1. The highest BCUT2D eigenvalue weighted by Crippen LogP contribution is 2.33. The van der Waals surface area contributed by atoms with Crippen LogP contribution in [-0.2, 0) is 4.74 Å². The number of likely N-dealkylation sites (tertiary alicyclic amines) is 1. The molecule has 1 fully saturated rings. The Morgan fingerprint density at radius 1 is 1.38 bits per heavy atom. The Hall–Kier alpha value is -2.36. The quantitative estimate of drug-likeness (QED) is 0.717. The van der Waals surface area contributed by atoms with Gasteiger partial charge in [0, 0.05) is 36.8 Å². The topological polar surface area (TPSA) is 115 Å². The van der Waals surface area contributed by atoms with Crippen molar-refractivity contribution in [1.29, 1.82) is 0 Å². The zero-order valence-corrected chi connectivity index (χ0v) is 18.9. The summed E-state index contributed by atoms with van der Waals surface area (Å²) in [5, 5.41) is 7.81. The third kappa shape index (κ3) is 4.63. The molecule has 0 aromatic carbocycles. The zero-order chi connectivity index (χ0) is 21.6. The first-order valence-corrected chi connectivity index (χ1v) is 10.3. The van der Waals surface area contributed by atoms with Crippen molar-refractivity contribution >= 4 is 39.4 Å². The second-order valence-electron chi connectivity index (χ2n) is 9.00. The summed E-state index contributed by atoms with van der Waals surface area (Å²) < 4.78 is 7.69. The van der Waals surface area contributed by atoms with Crippen LogP contribution in [0.15, 0.2) is 16.9 Å². The number of carbonyl (C=O) groups excluding carboxylic acids is 2. The van der Waals surface area contributed by atoms with E-state index in [-0.39, 0.29) is 23.1 Å². The minimum Gasteiger partial charge on any atom is -0.444 e. The predicted octanol–water partition coefficient (Wildman–Crippen LogP) is 3.04. The van der Waals surface area contributed by atoms with Gasteiger partial charge < -0.3 is 20.7 Å². The number of piperidine rings is 1. The van der Waals surface area contributed by atoms with Crippen molar-refractivity contribution in [2.75, 3.05) is 18.4 Å². The van der Waals surface area contributed by atoms with E-state index in [0.717, 1.165) is 0 Å². The molecule has 0 bridgehead atoms. The Kier molecular flexibility index (Phi) is 5.50. The van der Waals surface area contributed by atoms with Crippen LogP contribution in [0.3, 0.4) is 0 Å². The van der Waals surface area contributed by atoms with Crippen LogP contribution in [0.1, 0.15) is 51.4 Å². The first-order valence-electron chi connectivity index (χ1n) is 9.46. The van der Waals surface area contributed by atoms with Gasteiger partial charge in [0.2, 0.25) is 0 Å². The molecule has 2 aromatic heterocycles. The standard InChI is InChI=1S/C19H27BrN6O3/c1-18(2,3)29-17(28)25-7-6-12(19(4,5)10-25)23-16-11(15(21)27)9-22-14-8-13(20)24-26(14)16/h8-9,12,23H,6-7,10H2,1-5H3,(H2,21,27)/t12-/m1/s1. The maximum atomic E-state index is 12.5. The van der Waals surface area contributed by atoms with E-state index in [1.54, 1.807) is 15.5 Å². The van der Waals surface area contributed by atoms with Crippen LogP contribution in [0.25, 0.3) is 5.65 Å². The molecule has 3 rings (SSSR count). The van der Waals surface area contributed by atoms with E-state index in [4.69, 9.17) is 10.5 Å². The fourth-order valence-corrected chi connectivity index (χ4v) is 3.86. The summed E-state index contributed by atoms with van der Waals surface area (Å²) in [6, 6.07) is 1.74. The maximum Gasteiger partial charge on any atom is 0.410 e. The van der Waals surface area contributed by atoms with Gasteiger partial charge in [-0.3, -0.25) is 4.79 Å². The number of hydrogen-bond acceptors (Lipinski definition) is 6. The first kappa shape index (κ1) is 21.4. The first-order chi connectivity index (χ1) is 13.4. The number of amides is 2. The molecule has 1 aliphatic heterocycles. The molecule has 1 atom stereocenters. The van der Waals surface area contributed by atoms with Crippen molar-refractivity contribution in [3.63, 3.8) is 0 Å². The van der Waals surface area contributed by atoms with Gasteiger partial charge >= 0.3 is 6.09 Å². The van der Waals surface area contributed by atoms with Crippen LogP contribution in [0.5, 0.6) is 0 Å². The second kappa shape index (κ2) is 7.47. The highest BCUT2D eigenvalue weighted by atomic mass is 79.9. The lowest BCUT2D eigenvalue weighted by Crippen LogP contribution is -2.54. The predicted molar refractivity (Wildman–Crippen MR) is 113 cm³/mol. The molecular formula is C19H27BrN6O3. The summed E-state index contributed by atoms with van der Waals surface area (Å²) in [4.78, 5) is 30.4. The Balaban J connectivity index is 1.85. The Bertz CT molecular complexity index is 949. The lowest BCUT2D eigenvalue weighted by molar-refractivity contribution is 0.00688. The summed E-state index contributed by atoms with van der Waals surface area (Å²) in [5.74, 6) is -0.0884. The molecule has 2 aromatic rings. The number of anilines is 1. The van der Waals surface area contributed by atoms with Crippen LogP contribution < -0.4 is 11.1 Å². The van der Waals surface area contributed by atoms with E-state index in [1.807, 2.05) is 20.8 Å². The summed E-state index contributed by atoms with van der Waals surface area (Å²) >= 11 is 3.34. The van der Waals surface area contributed by atoms with Crippen LogP contribution in [0, 0.1) is 5.41 Å². The fraction of sp³-hybridized carbons (Fsp3) is 0.579. The van der Waals surface area contributed by atoms with Gasteiger partial charge in [0.15, 0.2) is 5.65 Å². The van der Waals surface area contributed by atoms with Crippen molar-refractivity contribution in [2.45, 2.75) is 52.7 Å². The minimum absolute atomic E-state index is 0.0205. The van der Waals surface area contributed by atoms with Gasteiger partial charge in [-0.2, -0.15) is 9.61 Å². The molecule has 1 saturated heterocycles. The Labute approximate surface area is 178 Å². The number of nitrogens with zero attached hydrogens (tertiary/aromatic N) is 4. The highest BCUT2D eigenvalue weighted by Gasteiger charge is 2.39. The normalized spacial score (nSPS) is 19.2. The van der Waals surface area contributed by atoms with E-state index >= 15 is 0 Å². The van der Waals surface area contributed by atoms with Crippen LogP contribution in [0.2, 0.25) is 0 Å². The molecule has 0 radical (unpaired) electrons. The summed E-state index contributed by atoms with van der Waals surface area (Å²) in [6.45, 7) is 10.8. The Morgan fingerprint density at radius 2 is 2.07 bits per heavy atom. The van der Waals surface area contributed by atoms with Gasteiger partial charge in [-0.05, 0) is 43.1 Å². The smallest absolute Gasteiger partial charge is 0.410 e. The van der Waals surface area contributed by atoms with Crippen LogP contribution in [0.4, 0.5) is 10.6 Å². The molecule has 3 N–H and O–H groups in total. The van der Waals surface area contributed by atoms with Gasteiger partial charge in [0.25, 0.3) is 5.91 Å². The van der Waals surface area contributed by atoms with Crippen molar-refractivity contribution < 1.29 is 14.3 Å². The van der Waals surface area contributed by atoms with E-state index < -0.39 is 11.5 Å². The largest absolute Gasteiger partial charge is 0.444 e. The number of nitrogens with one attached hydrogen (secondary N) is 1. The van der Waals surface area contributed by atoms with Gasteiger partial charge in [0.05, 0.1) is 5.56 Å². The van der Waals surface area contributed by atoms with E-state index in [9.17, 15) is 9.59 Å². The molecule has 158 valence electrons. The minimum atomic E-state index is -0.586. The lowest BCUT2D eigenvalue weighted by Gasteiger charge is -2.44. The third-order valence-electron chi connectivity index (χ3n) is 4.91. The summed E-state index contributed by atoms with van der Waals surface area (Å²) in [7, 11) is 0. The molecule has 2 amide bonds. The SMILES string of the molecule is CC(C)(C)OC(=O)N1CC[C@@H](Nc2c(C(N)=O)cnc3cc(Br)nn23)C(C)(C)C1. The van der Waals surface area contributed by atoms with Gasteiger partial charge in [0.1, 0.15) is 16.0 Å². The number of fused-ring (bicyclic) bond motifs is 1. The Morgan fingerprint density at radius 3 is 2.66 bits per heavy atom. The third-order valence-corrected chi connectivity index (χ3v) is 5.30. The molecule has 0 aliphatic carbocycles. The molecule has 3 heterocycles. The monoisotopic (exact) mass is 466 g/mol. The maximum absolute atomic E-state index is 12.5.